The number of ether oxygens (including phenoxy) is 1. The zero-order valence-electron chi connectivity index (χ0n) is 14.0. The minimum absolute atomic E-state index is 0.00314. The molecule has 0 bridgehead atoms. The fraction of sp³-hybridized carbons (Fsp3) is 0.211. The summed E-state index contributed by atoms with van der Waals surface area (Å²) in [6.07, 6.45) is 3.14. The van der Waals surface area contributed by atoms with Gasteiger partial charge in [-0.25, -0.2) is 23.1 Å². The third-order valence-electron chi connectivity index (χ3n) is 4.33. The molecule has 2 heterocycles. The van der Waals surface area contributed by atoms with Crippen molar-refractivity contribution in [3.63, 3.8) is 0 Å². The summed E-state index contributed by atoms with van der Waals surface area (Å²) >= 11 is 0. The quantitative estimate of drug-likeness (QED) is 0.487. The lowest BCUT2D eigenvalue weighted by molar-refractivity contribution is 0.102. The molecule has 138 valence electrons. The second kappa shape index (κ2) is 6.22. The van der Waals surface area contributed by atoms with Crippen LogP contribution >= 0.6 is 0 Å². The number of benzene rings is 1. The van der Waals surface area contributed by atoms with E-state index in [4.69, 9.17) is 4.74 Å². The highest BCUT2D eigenvalue weighted by molar-refractivity contribution is 6.09. The third-order valence-corrected chi connectivity index (χ3v) is 4.33. The highest BCUT2D eigenvalue weighted by atomic mass is 19.3. The summed E-state index contributed by atoms with van der Waals surface area (Å²) in [6, 6.07) is 6.21. The largest absolute Gasteiger partial charge is 0.490 e. The number of ketones is 1. The fourth-order valence-corrected chi connectivity index (χ4v) is 2.90. The second-order valence-corrected chi connectivity index (χ2v) is 6.26. The maximum atomic E-state index is 13.6. The van der Waals surface area contributed by atoms with Gasteiger partial charge in [0.1, 0.15) is 18.1 Å². The first-order valence-electron chi connectivity index (χ1n) is 8.20. The summed E-state index contributed by atoms with van der Waals surface area (Å²) in [7, 11) is 0. The predicted octanol–water partition coefficient (Wildman–Crippen LogP) is 3.79. The van der Waals surface area contributed by atoms with E-state index in [1.54, 1.807) is 18.2 Å². The van der Waals surface area contributed by atoms with Crippen LogP contribution in [0, 0.1) is 5.82 Å². The summed E-state index contributed by atoms with van der Waals surface area (Å²) in [5.41, 5.74) is 0.0891. The summed E-state index contributed by atoms with van der Waals surface area (Å²) in [6.45, 7) is 3.86. The van der Waals surface area contributed by atoms with Crippen molar-refractivity contribution in [1.82, 2.24) is 14.4 Å². The van der Waals surface area contributed by atoms with Gasteiger partial charge in [-0.1, -0.05) is 12.7 Å². The van der Waals surface area contributed by atoms with Crippen molar-refractivity contribution in [3.05, 3.63) is 72.1 Å². The number of nitrogens with zero attached hydrogens (tertiary/aromatic N) is 3. The molecule has 4 rings (SSSR count). The van der Waals surface area contributed by atoms with E-state index >= 15 is 0 Å². The third kappa shape index (κ3) is 3.07. The Balaban J connectivity index is 1.77. The van der Waals surface area contributed by atoms with E-state index in [9.17, 15) is 18.0 Å². The fourth-order valence-electron chi connectivity index (χ4n) is 2.90. The number of fused-ring (bicyclic) bond motifs is 1. The van der Waals surface area contributed by atoms with Crippen molar-refractivity contribution in [2.75, 3.05) is 6.61 Å². The topological polar surface area (TPSA) is 56.5 Å². The number of carbonyl (C=O) groups is 1. The Labute approximate surface area is 152 Å². The van der Waals surface area contributed by atoms with Crippen LogP contribution < -0.4 is 4.74 Å². The molecule has 3 aromatic rings. The van der Waals surface area contributed by atoms with E-state index in [1.807, 2.05) is 0 Å². The number of hydrogen-bond donors (Lipinski definition) is 0. The number of aromatic nitrogens is 3. The van der Waals surface area contributed by atoms with Crippen molar-refractivity contribution in [3.8, 4) is 5.75 Å². The summed E-state index contributed by atoms with van der Waals surface area (Å²) in [5.74, 6) is -4.79. The number of carbonyl (C=O) groups excluding carboxylic acids is 1. The minimum Gasteiger partial charge on any atom is -0.490 e. The van der Waals surface area contributed by atoms with E-state index in [0.29, 0.717) is 12.4 Å². The van der Waals surface area contributed by atoms with Crippen molar-refractivity contribution >= 4 is 11.6 Å². The number of imidazole rings is 1. The van der Waals surface area contributed by atoms with Crippen LogP contribution in [0.25, 0.3) is 5.78 Å². The molecule has 0 saturated heterocycles. The van der Waals surface area contributed by atoms with Gasteiger partial charge in [0.05, 0.1) is 24.0 Å². The molecule has 0 aliphatic heterocycles. The Hall–Kier alpha value is -3.16. The van der Waals surface area contributed by atoms with Gasteiger partial charge in [0.2, 0.25) is 11.6 Å². The van der Waals surface area contributed by atoms with E-state index in [2.05, 4.69) is 16.5 Å². The first-order valence-corrected chi connectivity index (χ1v) is 8.20. The minimum atomic E-state index is -2.92. The molecule has 1 saturated carbocycles. The number of alkyl halides is 2. The maximum absolute atomic E-state index is 13.6. The molecule has 2 aromatic heterocycles. The maximum Gasteiger partial charge on any atom is 0.257 e. The van der Waals surface area contributed by atoms with Gasteiger partial charge in [-0.3, -0.25) is 9.20 Å². The van der Waals surface area contributed by atoms with Gasteiger partial charge in [0.25, 0.3) is 5.92 Å². The smallest absolute Gasteiger partial charge is 0.257 e. The standard InChI is InChI=1S/C19H14F3N3O2/c1-2-7-27-13-5-3-11(4-6-13)17(26)16-15(14-8-19(14,21)22)24-18-23-9-12(20)10-25(16)18/h2-6,9-10,14H,1,7-8H2/t14-/m1/s1. The Morgan fingerprint density at radius 1 is 1.37 bits per heavy atom. The molecular weight excluding hydrogens is 359 g/mol. The molecule has 1 atom stereocenters. The molecule has 5 nitrogen and oxygen atoms in total. The van der Waals surface area contributed by atoms with Crippen molar-refractivity contribution in [2.45, 2.75) is 18.3 Å². The lowest BCUT2D eigenvalue weighted by atomic mass is 10.0. The zero-order valence-corrected chi connectivity index (χ0v) is 14.0. The number of hydrogen-bond acceptors (Lipinski definition) is 4. The van der Waals surface area contributed by atoms with Crippen molar-refractivity contribution in [2.24, 2.45) is 0 Å². The monoisotopic (exact) mass is 373 g/mol. The van der Waals surface area contributed by atoms with Gasteiger partial charge in [-0.15, -0.1) is 0 Å². The van der Waals surface area contributed by atoms with Crippen LogP contribution in [0.4, 0.5) is 13.2 Å². The van der Waals surface area contributed by atoms with Gasteiger partial charge in [-0.2, -0.15) is 0 Å². The lowest BCUT2D eigenvalue weighted by Gasteiger charge is -2.06. The SMILES string of the molecule is C=CCOc1ccc(C(=O)c2c([C@H]3CC3(F)F)nc3ncc(F)cn23)cc1. The molecule has 0 unspecified atom stereocenters. The van der Waals surface area contributed by atoms with E-state index in [1.165, 1.54) is 12.1 Å². The first kappa shape index (κ1) is 17.3. The molecule has 27 heavy (non-hydrogen) atoms. The first-order chi connectivity index (χ1) is 12.9. The van der Waals surface area contributed by atoms with Crippen LogP contribution in [0.2, 0.25) is 0 Å². The summed E-state index contributed by atoms with van der Waals surface area (Å²) in [4.78, 5) is 20.9. The van der Waals surface area contributed by atoms with Crippen LogP contribution in [0.3, 0.4) is 0 Å². The molecular formula is C19H14F3N3O2. The average Bonchev–Trinajstić information content (AvgIpc) is 3.13. The number of rotatable bonds is 6. The van der Waals surface area contributed by atoms with Crippen molar-refractivity contribution < 1.29 is 22.7 Å². The molecule has 0 radical (unpaired) electrons. The van der Waals surface area contributed by atoms with Crippen LogP contribution in [0.5, 0.6) is 5.75 Å². The highest BCUT2D eigenvalue weighted by Gasteiger charge is 2.60. The Morgan fingerprint density at radius 2 is 2.07 bits per heavy atom. The van der Waals surface area contributed by atoms with E-state index < -0.39 is 29.9 Å². The molecule has 0 spiro atoms. The highest BCUT2D eigenvalue weighted by Crippen LogP contribution is 2.56. The van der Waals surface area contributed by atoms with Gasteiger partial charge in [-0.05, 0) is 24.3 Å². The van der Waals surface area contributed by atoms with E-state index in [-0.39, 0.29) is 22.7 Å². The molecule has 1 aliphatic rings. The average molecular weight is 373 g/mol. The lowest BCUT2D eigenvalue weighted by Crippen LogP contribution is -2.10. The normalized spacial score (nSPS) is 17.7. The molecule has 1 fully saturated rings. The molecule has 1 aliphatic carbocycles. The molecule has 1 aromatic carbocycles. The van der Waals surface area contributed by atoms with Gasteiger partial charge in [0.15, 0.2) is 5.82 Å². The van der Waals surface area contributed by atoms with Crippen LogP contribution in [-0.2, 0) is 0 Å². The molecule has 0 N–H and O–H groups in total. The van der Waals surface area contributed by atoms with Gasteiger partial charge < -0.3 is 4.74 Å². The van der Waals surface area contributed by atoms with E-state index in [0.717, 1.165) is 16.8 Å². The van der Waals surface area contributed by atoms with Gasteiger partial charge in [0, 0.05) is 12.0 Å². The van der Waals surface area contributed by atoms with Crippen LogP contribution in [-0.4, -0.2) is 32.7 Å². The molecule has 0 amide bonds. The Morgan fingerprint density at radius 3 is 2.70 bits per heavy atom. The second-order valence-electron chi connectivity index (χ2n) is 6.26. The Kier molecular flexibility index (Phi) is 3.98. The van der Waals surface area contributed by atoms with Crippen molar-refractivity contribution in [1.29, 1.82) is 0 Å². The molecule has 8 heteroatoms. The summed E-state index contributed by atoms with van der Waals surface area (Å²) in [5, 5.41) is 0. The van der Waals surface area contributed by atoms with Gasteiger partial charge >= 0.3 is 0 Å². The zero-order chi connectivity index (χ0) is 19.2. The summed E-state index contributed by atoms with van der Waals surface area (Å²) < 4.78 is 47.4. The van der Waals surface area contributed by atoms with Crippen LogP contribution in [0.15, 0.2) is 49.3 Å². The predicted molar refractivity (Wildman–Crippen MR) is 90.8 cm³/mol. The van der Waals surface area contributed by atoms with Crippen LogP contribution in [0.1, 0.15) is 34.1 Å². The number of halogens is 3. The Bertz CT molecular complexity index is 1040.